The third-order valence-corrected chi connectivity index (χ3v) is 3.34. The molecule has 0 amide bonds. The molecule has 1 aromatic carbocycles. The molecular formula is C13H20N2O. The van der Waals surface area contributed by atoms with Gasteiger partial charge in [-0.25, -0.2) is 0 Å². The summed E-state index contributed by atoms with van der Waals surface area (Å²) in [6, 6.07) is 8.44. The SMILES string of the molecule is COc1ccccc1C1CCNCCC1N. The Kier molecular flexibility index (Phi) is 3.80. The van der Waals surface area contributed by atoms with Crippen LogP contribution in [0.5, 0.6) is 5.75 Å². The topological polar surface area (TPSA) is 47.3 Å². The third kappa shape index (κ3) is 2.36. The van der Waals surface area contributed by atoms with E-state index < -0.39 is 0 Å². The zero-order valence-electron chi connectivity index (χ0n) is 9.78. The smallest absolute Gasteiger partial charge is 0.122 e. The Labute approximate surface area is 97.0 Å². The lowest BCUT2D eigenvalue weighted by molar-refractivity contribution is 0.397. The Balaban J connectivity index is 2.26. The largest absolute Gasteiger partial charge is 0.496 e. The second-order valence-electron chi connectivity index (χ2n) is 4.34. The molecule has 0 radical (unpaired) electrons. The van der Waals surface area contributed by atoms with Gasteiger partial charge in [0.25, 0.3) is 0 Å². The standard InChI is InChI=1S/C13H20N2O/c1-16-13-5-3-2-4-11(13)10-6-8-15-9-7-12(10)14/h2-5,10,12,15H,6-9,14H2,1H3. The normalized spacial score (nSPS) is 26.1. The molecule has 3 N–H and O–H groups in total. The minimum Gasteiger partial charge on any atom is -0.496 e. The summed E-state index contributed by atoms with van der Waals surface area (Å²) < 4.78 is 5.41. The van der Waals surface area contributed by atoms with E-state index in [1.54, 1.807) is 7.11 Å². The van der Waals surface area contributed by atoms with Gasteiger partial charge in [-0.2, -0.15) is 0 Å². The monoisotopic (exact) mass is 220 g/mol. The maximum atomic E-state index is 6.24. The molecule has 16 heavy (non-hydrogen) atoms. The molecule has 3 heteroatoms. The molecule has 0 aliphatic carbocycles. The van der Waals surface area contributed by atoms with E-state index in [2.05, 4.69) is 17.4 Å². The number of methoxy groups -OCH3 is 1. The summed E-state index contributed by atoms with van der Waals surface area (Å²) in [5, 5.41) is 3.39. The zero-order valence-corrected chi connectivity index (χ0v) is 9.78. The zero-order chi connectivity index (χ0) is 11.4. The molecule has 1 aliphatic rings. The van der Waals surface area contributed by atoms with Gasteiger partial charge in [0.15, 0.2) is 0 Å². The molecule has 1 heterocycles. The predicted octanol–water partition coefficient (Wildman–Crippen LogP) is 1.49. The van der Waals surface area contributed by atoms with Crippen molar-refractivity contribution >= 4 is 0 Å². The molecule has 0 saturated carbocycles. The van der Waals surface area contributed by atoms with E-state index in [1.807, 2.05) is 12.1 Å². The van der Waals surface area contributed by atoms with E-state index in [1.165, 1.54) is 5.56 Å². The third-order valence-electron chi connectivity index (χ3n) is 3.34. The van der Waals surface area contributed by atoms with E-state index in [0.717, 1.165) is 31.7 Å². The van der Waals surface area contributed by atoms with Crippen molar-refractivity contribution in [1.82, 2.24) is 5.32 Å². The summed E-state index contributed by atoms with van der Waals surface area (Å²) in [5.41, 5.74) is 7.49. The maximum Gasteiger partial charge on any atom is 0.122 e. The van der Waals surface area contributed by atoms with Gasteiger partial charge in [0.1, 0.15) is 5.75 Å². The Morgan fingerprint density at radius 3 is 2.81 bits per heavy atom. The molecule has 3 nitrogen and oxygen atoms in total. The lowest BCUT2D eigenvalue weighted by atomic mass is 9.87. The van der Waals surface area contributed by atoms with Crippen LogP contribution in [-0.4, -0.2) is 26.2 Å². The lowest BCUT2D eigenvalue weighted by Crippen LogP contribution is -2.28. The number of hydrogen-bond donors (Lipinski definition) is 2. The van der Waals surface area contributed by atoms with Crippen LogP contribution in [0.1, 0.15) is 24.3 Å². The van der Waals surface area contributed by atoms with Crippen LogP contribution < -0.4 is 15.8 Å². The minimum atomic E-state index is 0.228. The molecule has 0 spiro atoms. The van der Waals surface area contributed by atoms with Crippen molar-refractivity contribution in [3.63, 3.8) is 0 Å². The van der Waals surface area contributed by atoms with Gasteiger partial charge in [0, 0.05) is 12.0 Å². The van der Waals surface area contributed by atoms with Gasteiger partial charge >= 0.3 is 0 Å². The highest BCUT2D eigenvalue weighted by Crippen LogP contribution is 2.32. The van der Waals surface area contributed by atoms with Crippen molar-refractivity contribution < 1.29 is 4.74 Å². The van der Waals surface area contributed by atoms with Gasteiger partial charge in [-0.3, -0.25) is 0 Å². The molecule has 0 bridgehead atoms. The first kappa shape index (κ1) is 11.4. The van der Waals surface area contributed by atoms with Crippen molar-refractivity contribution in [3.05, 3.63) is 29.8 Å². The fourth-order valence-electron chi connectivity index (χ4n) is 2.43. The predicted molar refractivity (Wildman–Crippen MR) is 65.8 cm³/mol. The highest BCUT2D eigenvalue weighted by atomic mass is 16.5. The quantitative estimate of drug-likeness (QED) is 0.794. The first-order valence-corrected chi connectivity index (χ1v) is 5.92. The van der Waals surface area contributed by atoms with Crippen LogP contribution in [0.2, 0.25) is 0 Å². The summed E-state index contributed by atoms with van der Waals surface area (Å²) in [7, 11) is 1.72. The van der Waals surface area contributed by atoms with Gasteiger partial charge in [-0.1, -0.05) is 18.2 Å². The van der Waals surface area contributed by atoms with Gasteiger partial charge < -0.3 is 15.8 Å². The van der Waals surface area contributed by atoms with E-state index in [4.69, 9.17) is 10.5 Å². The van der Waals surface area contributed by atoms with Crippen molar-refractivity contribution in [2.45, 2.75) is 24.8 Å². The molecule has 1 aromatic rings. The summed E-state index contributed by atoms with van der Waals surface area (Å²) in [4.78, 5) is 0. The van der Waals surface area contributed by atoms with E-state index >= 15 is 0 Å². The highest BCUT2D eigenvalue weighted by molar-refractivity contribution is 5.37. The number of hydrogen-bond acceptors (Lipinski definition) is 3. The molecule has 2 unspecified atom stereocenters. The minimum absolute atomic E-state index is 0.228. The van der Waals surface area contributed by atoms with Crippen LogP contribution in [0.4, 0.5) is 0 Å². The van der Waals surface area contributed by atoms with Crippen LogP contribution in [0.15, 0.2) is 24.3 Å². The molecular weight excluding hydrogens is 200 g/mol. The van der Waals surface area contributed by atoms with E-state index in [0.29, 0.717) is 5.92 Å². The van der Waals surface area contributed by atoms with Crippen LogP contribution >= 0.6 is 0 Å². The van der Waals surface area contributed by atoms with Crippen LogP contribution in [0, 0.1) is 0 Å². The summed E-state index contributed by atoms with van der Waals surface area (Å²) >= 11 is 0. The number of nitrogens with two attached hydrogens (primary N) is 1. The Morgan fingerprint density at radius 2 is 2.00 bits per heavy atom. The van der Waals surface area contributed by atoms with Gasteiger partial charge in [0.2, 0.25) is 0 Å². The number of rotatable bonds is 2. The van der Waals surface area contributed by atoms with Gasteiger partial charge in [-0.05, 0) is 37.6 Å². The van der Waals surface area contributed by atoms with E-state index in [9.17, 15) is 0 Å². The van der Waals surface area contributed by atoms with E-state index in [-0.39, 0.29) is 6.04 Å². The number of nitrogens with one attached hydrogen (secondary N) is 1. The Morgan fingerprint density at radius 1 is 1.25 bits per heavy atom. The fourth-order valence-corrected chi connectivity index (χ4v) is 2.43. The Bertz CT molecular complexity index is 340. The van der Waals surface area contributed by atoms with Gasteiger partial charge in [0.05, 0.1) is 7.11 Å². The second kappa shape index (κ2) is 5.32. The summed E-state index contributed by atoms with van der Waals surface area (Å²) in [6.45, 7) is 2.06. The van der Waals surface area contributed by atoms with Crippen molar-refractivity contribution in [2.75, 3.05) is 20.2 Å². The number of ether oxygens (including phenoxy) is 1. The van der Waals surface area contributed by atoms with Gasteiger partial charge in [-0.15, -0.1) is 0 Å². The molecule has 1 fully saturated rings. The lowest BCUT2D eigenvalue weighted by Gasteiger charge is -2.23. The summed E-state index contributed by atoms with van der Waals surface area (Å²) in [5.74, 6) is 1.37. The second-order valence-corrected chi connectivity index (χ2v) is 4.34. The van der Waals surface area contributed by atoms with Crippen molar-refractivity contribution in [1.29, 1.82) is 0 Å². The molecule has 2 rings (SSSR count). The summed E-state index contributed by atoms with van der Waals surface area (Å²) in [6.07, 6.45) is 2.12. The number of para-hydroxylation sites is 1. The molecule has 0 aromatic heterocycles. The molecule has 2 atom stereocenters. The van der Waals surface area contributed by atoms with Crippen LogP contribution in [-0.2, 0) is 0 Å². The average molecular weight is 220 g/mol. The van der Waals surface area contributed by atoms with Crippen LogP contribution in [0.25, 0.3) is 0 Å². The number of benzene rings is 1. The molecule has 1 aliphatic heterocycles. The fraction of sp³-hybridized carbons (Fsp3) is 0.538. The molecule has 88 valence electrons. The Hall–Kier alpha value is -1.06. The average Bonchev–Trinajstić information content (AvgIpc) is 2.54. The maximum absolute atomic E-state index is 6.24. The first-order valence-electron chi connectivity index (χ1n) is 5.92. The van der Waals surface area contributed by atoms with Crippen molar-refractivity contribution in [2.24, 2.45) is 5.73 Å². The highest BCUT2D eigenvalue weighted by Gasteiger charge is 2.24. The van der Waals surface area contributed by atoms with Crippen LogP contribution in [0.3, 0.4) is 0 Å². The first-order chi connectivity index (χ1) is 7.83. The van der Waals surface area contributed by atoms with Crippen molar-refractivity contribution in [3.8, 4) is 5.75 Å². The molecule has 1 saturated heterocycles.